The van der Waals surface area contributed by atoms with Crippen molar-refractivity contribution in [3.63, 3.8) is 0 Å². The predicted octanol–water partition coefficient (Wildman–Crippen LogP) is 1.85. The van der Waals surface area contributed by atoms with E-state index in [0.29, 0.717) is 6.54 Å². The topological polar surface area (TPSA) is 38.3 Å². The van der Waals surface area contributed by atoms with Crippen LogP contribution >= 0.6 is 15.9 Å². The lowest BCUT2D eigenvalue weighted by atomic mass is 10.0. The lowest BCUT2D eigenvalue weighted by Crippen LogP contribution is -2.45. The zero-order valence-corrected chi connectivity index (χ0v) is 10.6. The number of hydrogen-bond donors (Lipinski definition) is 1. The first-order valence-corrected chi connectivity index (χ1v) is 5.74. The molecule has 14 heavy (non-hydrogen) atoms. The lowest BCUT2D eigenvalue weighted by molar-refractivity contribution is -0.123. The van der Waals surface area contributed by atoms with Crippen molar-refractivity contribution in [3.8, 4) is 0 Å². The summed E-state index contributed by atoms with van der Waals surface area (Å²) in [5.74, 6) is 0.00854. The summed E-state index contributed by atoms with van der Waals surface area (Å²) < 4.78 is 5.08. The van der Waals surface area contributed by atoms with Crippen molar-refractivity contribution in [2.45, 2.75) is 43.5 Å². The van der Waals surface area contributed by atoms with E-state index in [4.69, 9.17) is 4.74 Å². The van der Waals surface area contributed by atoms with Gasteiger partial charge in [0.1, 0.15) is 0 Å². The molecule has 0 aromatic carbocycles. The molecule has 0 radical (unpaired) electrons. The minimum atomic E-state index is -0.498. The highest BCUT2D eigenvalue weighted by Gasteiger charge is 2.32. The van der Waals surface area contributed by atoms with E-state index >= 15 is 0 Å². The third-order valence-corrected chi connectivity index (χ3v) is 2.82. The number of ether oxygens (including phenoxy) is 1. The van der Waals surface area contributed by atoms with E-state index in [1.807, 2.05) is 20.8 Å². The zero-order valence-electron chi connectivity index (χ0n) is 9.02. The third-order valence-electron chi connectivity index (χ3n) is 2.46. The second-order valence-corrected chi connectivity index (χ2v) is 6.54. The van der Waals surface area contributed by atoms with Crippen LogP contribution in [0.5, 0.6) is 0 Å². The van der Waals surface area contributed by atoms with Crippen molar-refractivity contribution in [1.29, 1.82) is 0 Å². The molecule has 0 aromatic rings. The molecule has 0 aliphatic carbocycles. The van der Waals surface area contributed by atoms with Crippen LogP contribution in [-0.2, 0) is 9.53 Å². The van der Waals surface area contributed by atoms with Crippen LogP contribution in [0.15, 0.2) is 0 Å². The minimum Gasteiger partial charge on any atom is -0.373 e. The van der Waals surface area contributed by atoms with Gasteiger partial charge in [0.05, 0.1) is 9.93 Å². The normalized spacial score (nSPS) is 27.7. The van der Waals surface area contributed by atoms with Gasteiger partial charge >= 0.3 is 0 Å². The van der Waals surface area contributed by atoms with Crippen molar-refractivity contribution >= 4 is 21.8 Å². The fraction of sp³-hybridized carbons (Fsp3) is 0.900. The maximum atomic E-state index is 11.5. The number of hydrogen-bond acceptors (Lipinski definition) is 2. The van der Waals surface area contributed by atoms with Crippen LogP contribution in [0.25, 0.3) is 0 Å². The Morgan fingerprint density at radius 3 is 2.71 bits per heavy atom. The number of amides is 1. The van der Waals surface area contributed by atoms with E-state index in [2.05, 4.69) is 21.2 Å². The molecule has 1 saturated heterocycles. The molecule has 0 aromatic heterocycles. The fourth-order valence-corrected chi connectivity index (χ4v) is 1.59. The average Bonchev–Trinajstić information content (AvgIpc) is 2.47. The van der Waals surface area contributed by atoms with Crippen molar-refractivity contribution in [2.75, 3.05) is 13.2 Å². The quantitative estimate of drug-likeness (QED) is 0.790. The highest BCUT2D eigenvalue weighted by atomic mass is 79.9. The summed E-state index contributed by atoms with van der Waals surface area (Å²) in [5, 5.41) is 2.89. The molecule has 1 unspecified atom stereocenters. The SMILES string of the molecule is CC1(CNC(=O)C(C)(C)Br)CCCO1. The number of alkyl halides is 1. The molecular weight excluding hydrogens is 246 g/mol. The van der Waals surface area contributed by atoms with Crippen LogP contribution in [0.3, 0.4) is 0 Å². The highest BCUT2D eigenvalue weighted by molar-refractivity contribution is 9.10. The summed E-state index contributed by atoms with van der Waals surface area (Å²) in [5.41, 5.74) is -0.159. The van der Waals surface area contributed by atoms with E-state index in [1.165, 1.54) is 0 Å². The molecule has 0 bridgehead atoms. The minimum absolute atomic E-state index is 0.00854. The van der Waals surface area contributed by atoms with Gasteiger partial charge in [-0.1, -0.05) is 15.9 Å². The maximum absolute atomic E-state index is 11.5. The van der Waals surface area contributed by atoms with E-state index in [1.54, 1.807) is 0 Å². The van der Waals surface area contributed by atoms with Crippen LogP contribution in [0.1, 0.15) is 33.6 Å². The summed E-state index contributed by atoms with van der Waals surface area (Å²) in [4.78, 5) is 11.5. The molecule has 4 heteroatoms. The first-order valence-electron chi connectivity index (χ1n) is 4.95. The lowest BCUT2D eigenvalue weighted by Gasteiger charge is -2.25. The van der Waals surface area contributed by atoms with Gasteiger partial charge in [0.2, 0.25) is 5.91 Å². The first kappa shape index (κ1) is 12.0. The van der Waals surface area contributed by atoms with Gasteiger partial charge in [0.25, 0.3) is 0 Å². The van der Waals surface area contributed by atoms with Crippen molar-refractivity contribution in [1.82, 2.24) is 5.32 Å². The van der Waals surface area contributed by atoms with Gasteiger partial charge in [-0.3, -0.25) is 4.79 Å². The van der Waals surface area contributed by atoms with E-state index in [9.17, 15) is 4.79 Å². The summed E-state index contributed by atoms with van der Waals surface area (Å²) in [6, 6.07) is 0. The van der Waals surface area contributed by atoms with Crippen LogP contribution < -0.4 is 5.32 Å². The van der Waals surface area contributed by atoms with Crippen LogP contribution in [-0.4, -0.2) is 29.0 Å². The zero-order chi connectivity index (χ0) is 10.8. The Kier molecular flexibility index (Phi) is 3.58. The molecule has 1 aliphatic rings. The van der Waals surface area contributed by atoms with Gasteiger partial charge in [-0.15, -0.1) is 0 Å². The van der Waals surface area contributed by atoms with E-state index < -0.39 is 4.32 Å². The van der Waals surface area contributed by atoms with Gasteiger partial charge in [-0.2, -0.15) is 0 Å². The van der Waals surface area contributed by atoms with Crippen molar-refractivity contribution < 1.29 is 9.53 Å². The average molecular weight is 264 g/mol. The van der Waals surface area contributed by atoms with Gasteiger partial charge in [-0.25, -0.2) is 0 Å². The van der Waals surface area contributed by atoms with Crippen molar-refractivity contribution in [3.05, 3.63) is 0 Å². The number of halogens is 1. The Balaban J connectivity index is 2.37. The molecule has 0 spiro atoms. The highest BCUT2D eigenvalue weighted by Crippen LogP contribution is 2.24. The van der Waals surface area contributed by atoms with E-state index in [-0.39, 0.29) is 11.5 Å². The Morgan fingerprint density at radius 1 is 1.64 bits per heavy atom. The first-order chi connectivity index (χ1) is 6.33. The molecule has 1 fully saturated rings. The second kappa shape index (κ2) is 4.19. The number of carbonyl (C=O) groups is 1. The van der Waals surface area contributed by atoms with Gasteiger partial charge in [-0.05, 0) is 33.6 Å². The monoisotopic (exact) mass is 263 g/mol. The van der Waals surface area contributed by atoms with Gasteiger partial charge in [0.15, 0.2) is 0 Å². The Bertz CT molecular complexity index is 217. The van der Waals surface area contributed by atoms with Crippen LogP contribution in [0, 0.1) is 0 Å². The Labute approximate surface area is 93.7 Å². The Hall–Kier alpha value is -0.0900. The predicted molar refractivity (Wildman–Crippen MR) is 59.6 cm³/mol. The molecular formula is C10H18BrNO2. The van der Waals surface area contributed by atoms with Gasteiger partial charge < -0.3 is 10.1 Å². The Morgan fingerprint density at radius 2 is 2.29 bits per heavy atom. The smallest absolute Gasteiger partial charge is 0.236 e. The number of rotatable bonds is 3. The molecule has 1 N–H and O–H groups in total. The maximum Gasteiger partial charge on any atom is 0.236 e. The molecule has 1 rings (SSSR count). The molecule has 1 heterocycles. The molecule has 0 saturated carbocycles. The van der Waals surface area contributed by atoms with Gasteiger partial charge in [0, 0.05) is 13.2 Å². The van der Waals surface area contributed by atoms with Crippen LogP contribution in [0.4, 0.5) is 0 Å². The van der Waals surface area contributed by atoms with E-state index in [0.717, 1.165) is 19.4 Å². The number of carbonyl (C=O) groups excluding carboxylic acids is 1. The van der Waals surface area contributed by atoms with Crippen LogP contribution in [0.2, 0.25) is 0 Å². The second-order valence-electron chi connectivity index (χ2n) is 4.56. The fourth-order valence-electron chi connectivity index (χ4n) is 1.45. The molecule has 1 amide bonds. The molecule has 1 atom stereocenters. The molecule has 3 nitrogen and oxygen atoms in total. The summed E-state index contributed by atoms with van der Waals surface area (Å²) in [7, 11) is 0. The summed E-state index contributed by atoms with van der Waals surface area (Å²) >= 11 is 3.32. The molecule has 1 aliphatic heterocycles. The largest absolute Gasteiger partial charge is 0.373 e. The standard InChI is InChI=1S/C10H18BrNO2/c1-9(2,11)8(13)12-7-10(3)5-4-6-14-10/h4-7H2,1-3H3,(H,12,13). The molecule has 82 valence electrons. The van der Waals surface area contributed by atoms with Crippen molar-refractivity contribution in [2.24, 2.45) is 0 Å². The summed E-state index contributed by atoms with van der Waals surface area (Å²) in [6.45, 7) is 7.12. The third kappa shape index (κ3) is 3.24. The summed E-state index contributed by atoms with van der Waals surface area (Å²) in [6.07, 6.45) is 2.11. The number of nitrogens with one attached hydrogen (secondary N) is 1.